The van der Waals surface area contributed by atoms with Gasteiger partial charge < -0.3 is 10.1 Å². The minimum absolute atomic E-state index is 0.0154. The minimum atomic E-state index is -0.0154. The van der Waals surface area contributed by atoms with Crippen molar-refractivity contribution in [3.63, 3.8) is 0 Å². The predicted molar refractivity (Wildman–Crippen MR) is 73.7 cm³/mol. The number of hydrogen-bond acceptors (Lipinski definition) is 2. The van der Waals surface area contributed by atoms with E-state index in [1.54, 1.807) is 6.08 Å². The van der Waals surface area contributed by atoms with Crippen LogP contribution < -0.4 is 10.1 Å². The van der Waals surface area contributed by atoms with Crippen LogP contribution in [0.1, 0.15) is 25.8 Å². The fourth-order valence-corrected chi connectivity index (χ4v) is 1.69. The van der Waals surface area contributed by atoms with Gasteiger partial charge >= 0.3 is 0 Å². The average Bonchev–Trinajstić information content (AvgIpc) is 2.32. The summed E-state index contributed by atoms with van der Waals surface area (Å²) in [5.74, 6) is 0.827. The third-order valence-corrected chi connectivity index (χ3v) is 2.80. The SMILES string of the molecule is C=CC(C)Oc1cccc(Cl)c1CNCCC. The molecule has 3 heteroatoms. The third-order valence-electron chi connectivity index (χ3n) is 2.45. The van der Waals surface area contributed by atoms with E-state index in [-0.39, 0.29) is 6.10 Å². The Balaban J connectivity index is 2.80. The second kappa shape index (κ2) is 7.36. The van der Waals surface area contributed by atoms with Crippen LogP contribution >= 0.6 is 11.6 Å². The molecule has 0 saturated heterocycles. The van der Waals surface area contributed by atoms with Crippen LogP contribution in [0.15, 0.2) is 30.9 Å². The summed E-state index contributed by atoms with van der Waals surface area (Å²) in [6.45, 7) is 9.50. The Labute approximate surface area is 109 Å². The summed E-state index contributed by atoms with van der Waals surface area (Å²) in [5, 5.41) is 4.07. The third kappa shape index (κ3) is 4.41. The standard InChI is InChI=1S/C14H20ClNO/c1-4-9-16-10-12-13(15)7-6-8-14(12)17-11(3)5-2/h5-8,11,16H,2,4,9-10H2,1,3H3. The maximum Gasteiger partial charge on any atom is 0.126 e. The molecular formula is C14H20ClNO. The maximum atomic E-state index is 6.19. The van der Waals surface area contributed by atoms with Gasteiger partial charge in [-0.25, -0.2) is 0 Å². The fourth-order valence-electron chi connectivity index (χ4n) is 1.46. The first-order valence-corrected chi connectivity index (χ1v) is 6.34. The summed E-state index contributed by atoms with van der Waals surface area (Å²) in [6, 6.07) is 5.72. The molecule has 0 aliphatic heterocycles. The maximum absolute atomic E-state index is 6.19. The van der Waals surface area contributed by atoms with E-state index in [1.807, 2.05) is 25.1 Å². The second-order valence-corrected chi connectivity index (χ2v) is 4.36. The molecule has 94 valence electrons. The summed E-state index contributed by atoms with van der Waals surface area (Å²) < 4.78 is 5.76. The molecule has 0 fully saturated rings. The highest BCUT2D eigenvalue weighted by molar-refractivity contribution is 6.31. The van der Waals surface area contributed by atoms with Crippen LogP contribution in [0.25, 0.3) is 0 Å². The Bertz CT molecular complexity index is 365. The van der Waals surface area contributed by atoms with Crippen molar-refractivity contribution in [3.05, 3.63) is 41.4 Å². The van der Waals surface area contributed by atoms with Gasteiger partial charge in [-0.1, -0.05) is 37.2 Å². The lowest BCUT2D eigenvalue weighted by Crippen LogP contribution is -2.16. The smallest absolute Gasteiger partial charge is 0.126 e. The molecule has 0 bridgehead atoms. The molecule has 0 aliphatic rings. The van der Waals surface area contributed by atoms with Crippen LogP contribution in [-0.4, -0.2) is 12.6 Å². The zero-order chi connectivity index (χ0) is 12.7. The summed E-state index contributed by atoms with van der Waals surface area (Å²) >= 11 is 6.19. The van der Waals surface area contributed by atoms with Gasteiger partial charge in [0.05, 0.1) is 0 Å². The summed E-state index contributed by atoms with van der Waals surface area (Å²) in [6.07, 6.45) is 2.85. The summed E-state index contributed by atoms with van der Waals surface area (Å²) in [5.41, 5.74) is 1.01. The second-order valence-electron chi connectivity index (χ2n) is 3.95. The largest absolute Gasteiger partial charge is 0.486 e. The molecular weight excluding hydrogens is 234 g/mol. The van der Waals surface area contributed by atoms with Gasteiger partial charge in [0.15, 0.2) is 0 Å². The Kier molecular flexibility index (Phi) is 6.09. The van der Waals surface area contributed by atoms with Gasteiger partial charge in [-0.3, -0.25) is 0 Å². The first-order chi connectivity index (χ1) is 8.19. The number of nitrogens with one attached hydrogen (secondary N) is 1. The molecule has 0 spiro atoms. The Morgan fingerprint density at radius 2 is 2.29 bits per heavy atom. The van der Waals surface area contributed by atoms with Crippen molar-refractivity contribution in [1.82, 2.24) is 5.32 Å². The molecule has 0 radical (unpaired) electrons. The molecule has 0 aliphatic carbocycles. The number of benzene rings is 1. The van der Waals surface area contributed by atoms with E-state index in [9.17, 15) is 0 Å². The van der Waals surface area contributed by atoms with Crippen LogP contribution in [-0.2, 0) is 6.54 Å². The molecule has 2 nitrogen and oxygen atoms in total. The number of halogens is 1. The first kappa shape index (κ1) is 14.1. The molecule has 1 N–H and O–H groups in total. The van der Waals surface area contributed by atoms with Crippen LogP contribution in [0.2, 0.25) is 5.02 Å². The molecule has 17 heavy (non-hydrogen) atoms. The van der Waals surface area contributed by atoms with Gasteiger partial charge in [0.25, 0.3) is 0 Å². The van der Waals surface area contributed by atoms with Crippen LogP contribution in [0.5, 0.6) is 5.75 Å². The number of hydrogen-bond donors (Lipinski definition) is 1. The van der Waals surface area contributed by atoms with Crippen molar-refractivity contribution < 1.29 is 4.74 Å². The molecule has 1 aromatic rings. The molecule has 1 unspecified atom stereocenters. The van der Waals surface area contributed by atoms with Crippen LogP contribution in [0, 0.1) is 0 Å². The van der Waals surface area contributed by atoms with Crippen molar-refractivity contribution in [1.29, 1.82) is 0 Å². The molecule has 1 atom stereocenters. The molecule has 0 amide bonds. The topological polar surface area (TPSA) is 21.3 Å². The molecule has 0 saturated carbocycles. The molecule has 0 aromatic heterocycles. The van der Waals surface area contributed by atoms with Crippen molar-refractivity contribution in [2.75, 3.05) is 6.54 Å². The highest BCUT2D eigenvalue weighted by Gasteiger charge is 2.09. The van der Waals surface area contributed by atoms with Crippen molar-refractivity contribution >= 4 is 11.6 Å². The molecule has 1 rings (SSSR count). The predicted octanol–water partition coefficient (Wildman–Crippen LogP) is 3.79. The van der Waals surface area contributed by atoms with Crippen molar-refractivity contribution in [2.24, 2.45) is 0 Å². The van der Waals surface area contributed by atoms with Gasteiger partial charge in [-0.05, 0) is 32.0 Å². The van der Waals surface area contributed by atoms with Gasteiger partial charge in [-0.2, -0.15) is 0 Å². The van der Waals surface area contributed by atoms with Crippen LogP contribution in [0.3, 0.4) is 0 Å². The van der Waals surface area contributed by atoms with Crippen molar-refractivity contribution in [3.8, 4) is 5.75 Å². The normalized spacial score (nSPS) is 12.2. The van der Waals surface area contributed by atoms with E-state index in [0.717, 1.165) is 35.8 Å². The lowest BCUT2D eigenvalue weighted by Gasteiger charge is -2.16. The van der Waals surface area contributed by atoms with Crippen molar-refractivity contribution in [2.45, 2.75) is 32.9 Å². The van der Waals surface area contributed by atoms with Gasteiger partial charge in [-0.15, -0.1) is 0 Å². The Morgan fingerprint density at radius 3 is 2.94 bits per heavy atom. The zero-order valence-electron chi connectivity index (χ0n) is 10.5. The Morgan fingerprint density at radius 1 is 1.53 bits per heavy atom. The van der Waals surface area contributed by atoms with E-state index in [1.165, 1.54) is 0 Å². The van der Waals surface area contributed by atoms with Gasteiger partial charge in [0, 0.05) is 17.1 Å². The number of rotatable bonds is 7. The van der Waals surface area contributed by atoms with E-state index in [4.69, 9.17) is 16.3 Å². The highest BCUT2D eigenvalue weighted by Crippen LogP contribution is 2.27. The molecule has 1 aromatic carbocycles. The van der Waals surface area contributed by atoms with E-state index in [2.05, 4.69) is 18.8 Å². The fraction of sp³-hybridized carbons (Fsp3) is 0.429. The lowest BCUT2D eigenvalue weighted by atomic mass is 10.2. The quantitative estimate of drug-likeness (QED) is 0.590. The monoisotopic (exact) mass is 253 g/mol. The first-order valence-electron chi connectivity index (χ1n) is 5.96. The van der Waals surface area contributed by atoms with Gasteiger partial charge in [0.2, 0.25) is 0 Å². The zero-order valence-corrected chi connectivity index (χ0v) is 11.3. The average molecular weight is 254 g/mol. The van der Waals surface area contributed by atoms with Crippen LogP contribution in [0.4, 0.5) is 0 Å². The highest BCUT2D eigenvalue weighted by atomic mass is 35.5. The van der Waals surface area contributed by atoms with Gasteiger partial charge in [0.1, 0.15) is 11.9 Å². The summed E-state index contributed by atoms with van der Waals surface area (Å²) in [7, 11) is 0. The van der Waals surface area contributed by atoms with E-state index in [0.29, 0.717) is 0 Å². The summed E-state index contributed by atoms with van der Waals surface area (Å²) in [4.78, 5) is 0. The van der Waals surface area contributed by atoms with E-state index >= 15 is 0 Å². The molecule has 0 heterocycles. The van der Waals surface area contributed by atoms with E-state index < -0.39 is 0 Å². The minimum Gasteiger partial charge on any atom is -0.486 e. The Hall–Kier alpha value is -0.990. The number of ether oxygens (including phenoxy) is 1. The lowest BCUT2D eigenvalue weighted by molar-refractivity contribution is 0.267.